The maximum Gasteiger partial charge on any atom is 0.242 e. The third-order valence-corrected chi connectivity index (χ3v) is 2.56. The van der Waals surface area contributed by atoms with Crippen LogP contribution in [0.4, 0.5) is 5.95 Å². The molecule has 1 atom stereocenters. The molecule has 0 aliphatic heterocycles. The van der Waals surface area contributed by atoms with Gasteiger partial charge in [0.1, 0.15) is 0 Å². The number of nitrogens with zero attached hydrogens (tertiary/aromatic N) is 4. The third kappa shape index (κ3) is 3.01. The number of nitrogens with two attached hydrogens (primary N) is 1. The molecule has 17 heavy (non-hydrogen) atoms. The Kier molecular flexibility index (Phi) is 3.66. The molecule has 0 aliphatic carbocycles. The highest BCUT2D eigenvalue weighted by atomic mass is 15.6. The molecule has 1 heterocycles. The van der Waals surface area contributed by atoms with Gasteiger partial charge in [-0.3, -0.25) is 0 Å². The highest BCUT2D eigenvalue weighted by Crippen LogP contribution is 2.06. The van der Waals surface area contributed by atoms with E-state index in [1.807, 2.05) is 18.2 Å². The van der Waals surface area contributed by atoms with Gasteiger partial charge in [0.2, 0.25) is 5.95 Å². The summed E-state index contributed by atoms with van der Waals surface area (Å²) in [6.07, 6.45) is 0.851. The van der Waals surface area contributed by atoms with Gasteiger partial charge in [-0.05, 0) is 22.4 Å². The summed E-state index contributed by atoms with van der Waals surface area (Å²) in [4.78, 5) is 0. The van der Waals surface area contributed by atoms with Crippen LogP contribution in [0.5, 0.6) is 0 Å². The number of rotatable bonds is 5. The van der Waals surface area contributed by atoms with Gasteiger partial charge in [-0.1, -0.05) is 35.4 Å². The summed E-state index contributed by atoms with van der Waals surface area (Å²) in [5.41, 5.74) is 6.99. The topological polar surface area (TPSA) is 81.7 Å². The summed E-state index contributed by atoms with van der Waals surface area (Å²) < 4.78 is 1.59. The van der Waals surface area contributed by atoms with E-state index < -0.39 is 0 Å². The first-order valence-electron chi connectivity index (χ1n) is 5.52. The molecular weight excluding hydrogens is 216 g/mol. The highest BCUT2D eigenvalue weighted by molar-refractivity contribution is 5.26. The van der Waals surface area contributed by atoms with Crippen molar-refractivity contribution in [2.75, 3.05) is 11.9 Å². The molecule has 1 unspecified atom stereocenters. The van der Waals surface area contributed by atoms with Crippen molar-refractivity contribution in [2.24, 2.45) is 12.8 Å². The zero-order chi connectivity index (χ0) is 12.1. The van der Waals surface area contributed by atoms with Gasteiger partial charge in [0.05, 0.1) is 0 Å². The molecule has 90 valence electrons. The molecule has 1 aromatic carbocycles. The largest absolute Gasteiger partial charge is 0.349 e. The molecule has 2 rings (SSSR count). The Morgan fingerprint density at radius 2 is 2.12 bits per heavy atom. The third-order valence-electron chi connectivity index (χ3n) is 2.56. The second kappa shape index (κ2) is 5.40. The van der Waals surface area contributed by atoms with Crippen molar-refractivity contribution in [3.8, 4) is 0 Å². The van der Waals surface area contributed by atoms with E-state index in [9.17, 15) is 0 Å². The lowest BCUT2D eigenvalue weighted by atomic mass is 10.1. The Labute approximate surface area is 99.8 Å². The maximum atomic E-state index is 5.75. The van der Waals surface area contributed by atoms with Crippen molar-refractivity contribution in [3.63, 3.8) is 0 Å². The maximum absolute atomic E-state index is 5.75. The second-order valence-corrected chi connectivity index (χ2v) is 3.89. The van der Waals surface area contributed by atoms with E-state index in [0.29, 0.717) is 12.5 Å². The average molecular weight is 232 g/mol. The van der Waals surface area contributed by atoms with E-state index in [1.165, 1.54) is 5.56 Å². The van der Waals surface area contributed by atoms with Crippen LogP contribution < -0.4 is 11.1 Å². The molecule has 0 saturated carbocycles. The van der Waals surface area contributed by atoms with E-state index in [4.69, 9.17) is 5.73 Å². The van der Waals surface area contributed by atoms with E-state index in [0.717, 1.165) is 6.42 Å². The van der Waals surface area contributed by atoms with E-state index >= 15 is 0 Å². The molecule has 0 spiro atoms. The minimum Gasteiger partial charge on any atom is -0.349 e. The van der Waals surface area contributed by atoms with E-state index in [1.54, 1.807) is 11.7 Å². The van der Waals surface area contributed by atoms with Crippen LogP contribution >= 0.6 is 0 Å². The Balaban J connectivity index is 2.00. The fourth-order valence-electron chi connectivity index (χ4n) is 1.63. The lowest BCUT2D eigenvalue weighted by Gasteiger charge is -2.16. The lowest BCUT2D eigenvalue weighted by Crippen LogP contribution is -2.32. The number of aryl methyl sites for hydroxylation is 1. The highest BCUT2D eigenvalue weighted by Gasteiger charge is 2.10. The number of aromatic nitrogens is 4. The quantitative estimate of drug-likeness (QED) is 0.769. The number of hydrogen-bond donors (Lipinski definition) is 2. The van der Waals surface area contributed by atoms with Crippen LogP contribution in [-0.2, 0) is 13.5 Å². The smallest absolute Gasteiger partial charge is 0.242 e. The number of hydrogen-bond acceptors (Lipinski definition) is 5. The van der Waals surface area contributed by atoms with Crippen LogP contribution in [0.1, 0.15) is 5.56 Å². The van der Waals surface area contributed by atoms with Gasteiger partial charge < -0.3 is 11.1 Å². The van der Waals surface area contributed by atoms with Gasteiger partial charge in [-0.15, -0.1) is 0 Å². The zero-order valence-electron chi connectivity index (χ0n) is 9.74. The van der Waals surface area contributed by atoms with Crippen LogP contribution in [0, 0.1) is 0 Å². The summed E-state index contributed by atoms with van der Waals surface area (Å²) in [6, 6.07) is 10.3. The summed E-state index contributed by atoms with van der Waals surface area (Å²) in [7, 11) is 1.79. The van der Waals surface area contributed by atoms with Gasteiger partial charge >= 0.3 is 0 Å². The second-order valence-electron chi connectivity index (χ2n) is 3.89. The van der Waals surface area contributed by atoms with Gasteiger partial charge in [-0.2, -0.15) is 0 Å². The first-order chi connectivity index (χ1) is 8.29. The van der Waals surface area contributed by atoms with Crippen molar-refractivity contribution in [1.29, 1.82) is 0 Å². The standard InChI is InChI=1S/C11H16N6/c1-17-11(14-15-16-17)13-10(8-12)7-9-5-3-2-4-6-9/h2-6,10H,7-8,12H2,1H3,(H,13,14,16). The van der Waals surface area contributed by atoms with Crippen molar-refractivity contribution in [2.45, 2.75) is 12.5 Å². The molecule has 1 aromatic heterocycles. The van der Waals surface area contributed by atoms with Crippen molar-refractivity contribution < 1.29 is 0 Å². The van der Waals surface area contributed by atoms with Gasteiger partial charge in [0.15, 0.2) is 0 Å². The minimum absolute atomic E-state index is 0.127. The Bertz CT molecular complexity index is 452. The summed E-state index contributed by atoms with van der Waals surface area (Å²) in [5.74, 6) is 0.636. The summed E-state index contributed by atoms with van der Waals surface area (Å²) in [5, 5.41) is 14.4. The normalized spacial score (nSPS) is 12.4. The predicted octanol–water partition coefficient (Wildman–Crippen LogP) is 0.192. The summed E-state index contributed by atoms with van der Waals surface area (Å²) in [6.45, 7) is 0.530. The van der Waals surface area contributed by atoms with Crippen molar-refractivity contribution >= 4 is 5.95 Å². The average Bonchev–Trinajstić information content (AvgIpc) is 2.75. The van der Waals surface area contributed by atoms with Crippen LogP contribution in [0.25, 0.3) is 0 Å². The zero-order valence-corrected chi connectivity index (χ0v) is 9.74. The predicted molar refractivity (Wildman–Crippen MR) is 65.4 cm³/mol. The number of benzene rings is 1. The molecule has 0 fully saturated rings. The van der Waals surface area contributed by atoms with Crippen molar-refractivity contribution in [1.82, 2.24) is 20.2 Å². The molecule has 0 amide bonds. The van der Waals surface area contributed by atoms with Crippen LogP contribution in [0.3, 0.4) is 0 Å². The number of nitrogens with one attached hydrogen (secondary N) is 1. The van der Waals surface area contributed by atoms with Gasteiger partial charge in [0.25, 0.3) is 0 Å². The molecule has 3 N–H and O–H groups in total. The molecule has 0 aliphatic rings. The summed E-state index contributed by atoms with van der Waals surface area (Å²) >= 11 is 0. The first kappa shape index (κ1) is 11.5. The fourth-order valence-corrected chi connectivity index (χ4v) is 1.63. The van der Waals surface area contributed by atoms with Crippen LogP contribution in [0.15, 0.2) is 30.3 Å². The Morgan fingerprint density at radius 1 is 1.35 bits per heavy atom. The van der Waals surface area contributed by atoms with Crippen LogP contribution in [0.2, 0.25) is 0 Å². The van der Waals surface area contributed by atoms with Crippen molar-refractivity contribution in [3.05, 3.63) is 35.9 Å². The van der Waals surface area contributed by atoms with Gasteiger partial charge in [0, 0.05) is 19.6 Å². The SMILES string of the molecule is Cn1nnnc1NC(CN)Cc1ccccc1. The van der Waals surface area contributed by atoms with Crippen LogP contribution in [-0.4, -0.2) is 32.8 Å². The molecule has 0 radical (unpaired) electrons. The molecule has 6 heteroatoms. The number of tetrazole rings is 1. The van der Waals surface area contributed by atoms with Gasteiger partial charge in [-0.25, -0.2) is 4.68 Å². The van der Waals surface area contributed by atoms with E-state index in [-0.39, 0.29) is 6.04 Å². The molecular formula is C11H16N6. The Morgan fingerprint density at radius 3 is 2.71 bits per heavy atom. The van der Waals surface area contributed by atoms with E-state index in [2.05, 4.69) is 33.0 Å². The fraction of sp³-hybridized carbons (Fsp3) is 0.364. The molecule has 2 aromatic rings. The monoisotopic (exact) mass is 232 g/mol. The number of anilines is 1. The minimum atomic E-state index is 0.127. The Hall–Kier alpha value is -1.95. The lowest BCUT2D eigenvalue weighted by molar-refractivity contribution is 0.680. The molecule has 0 bridgehead atoms. The molecule has 0 saturated heterocycles. The first-order valence-corrected chi connectivity index (χ1v) is 5.52. The molecule has 6 nitrogen and oxygen atoms in total.